The van der Waals surface area contributed by atoms with Crippen molar-refractivity contribution in [3.05, 3.63) is 23.8 Å². The van der Waals surface area contributed by atoms with Crippen LogP contribution in [0.3, 0.4) is 0 Å². The summed E-state index contributed by atoms with van der Waals surface area (Å²) in [4.78, 5) is 14.6. The van der Waals surface area contributed by atoms with E-state index in [1.165, 1.54) is 23.2 Å². The zero-order chi connectivity index (χ0) is 19.6. The highest BCUT2D eigenvalue weighted by molar-refractivity contribution is 7.80. The van der Waals surface area contributed by atoms with Gasteiger partial charge in [0.25, 0.3) is 5.17 Å². The first kappa shape index (κ1) is 19.1. The predicted molar refractivity (Wildman–Crippen MR) is 100 cm³/mol. The van der Waals surface area contributed by atoms with Crippen molar-refractivity contribution < 1.29 is 23.0 Å². The molecule has 2 aliphatic rings. The second-order valence-corrected chi connectivity index (χ2v) is 6.42. The van der Waals surface area contributed by atoms with Crippen LogP contribution in [0.25, 0.3) is 0 Å². The number of benzene rings is 1. The number of nitrogens with zero attached hydrogens (tertiary/aromatic N) is 4. The van der Waals surface area contributed by atoms with E-state index in [0.717, 1.165) is 12.1 Å². The smallest absolute Gasteiger partial charge is 0.414 e. The summed E-state index contributed by atoms with van der Waals surface area (Å²) in [5, 5.41) is 8.64. The summed E-state index contributed by atoms with van der Waals surface area (Å²) >= 11 is 4.86. The molecule has 1 aromatic rings. The number of rotatable bonds is 4. The van der Waals surface area contributed by atoms with Gasteiger partial charge in [0.05, 0.1) is 32.4 Å². The van der Waals surface area contributed by atoms with Gasteiger partial charge < -0.3 is 19.7 Å². The standard InChI is InChI=1S/C16H19F2N5O3S/c1-21-3-4-22(9-20-21)14-12(17)5-10(6-13(14)18)23-8-11(26-16(23)24)7-19-15(27)25-2/h5-6,9,11H,3-4,7-8H2,1-2H3,(H,19,27). The Labute approximate surface area is 160 Å². The minimum Gasteiger partial charge on any atom is -0.474 e. The van der Waals surface area contributed by atoms with Gasteiger partial charge in [0.1, 0.15) is 18.1 Å². The van der Waals surface area contributed by atoms with Crippen LogP contribution in [0.15, 0.2) is 17.2 Å². The molecule has 0 aliphatic carbocycles. The van der Waals surface area contributed by atoms with E-state index >= 15 is 0 Å². The molecule has 1 N–H and O–H groups in total. The molecule has 1 aromatic carbocycles. The number of anilines is 2. The molecule has 1 fully saturated rings. The van der Waals surface area contributed by atoms with Gasteiger partial charge in [-0.1, -0.05) is 0 Å². The molecule has 11 heteroatoms. The number of thiocarbonyl (C=S) groups is 1. The quantitative estimate of drug-likeness (QED) is 0.770. The van der Waals surface area contributed by atoms with Crippen LogP contribution in [0.1, 0.15) is 0 Å². The molecular formula is C16H19F2N5O3S. The first-order valence-corrected chi connectivity index (χ1v) is 8.60. The van der Waals surface area contributed by atoms with Crippen LogP contribution in [0.5, 0.6) is 0 Å². The normalized spacial score (nSPS) is 19.3. The van der Waals surface area contributed by atoms with Crippen LogP contribution in [0.2, 0.25) is 0 Å². The molecule has 8 nitrogen and oxygen atoms in total. The molecule has 2 heterocycles. The summed E-state index contributed by atoms with van der Waals surface area (Å²) < 4.78 is 39.2. The highest BCUT2D eigenvalue weighted by Crippen LogP contribution is 2.31. The molecular weight excluding hydrogens is 380 g/mol. The third-order valence-electron chi connectivity index (χ3n) is 4.19. The SMILES string of the molecule is COC(=S)NCC1CN(c2cc(F)c(N3C=NN(C)CC3)c(F)c2)C(=O)O1. The highest BCUT2D eigenvalue weighted by atomic mass is 32.1. The second kappa shape index (κ2) is 7.91. The van der Waals surface area contributed by atoms with Gasteiger partial charge in [0.15, 0.2) is 11.6 Å². The Morgan fingerprint density at radius 3 is 2.70 bits per heavy atom. The van der Waals surface area contributed by atoms with E-state index in [1.807, 2.05) is 0 Å². The number of hydrazone groups is 1. The number of hydrogen-bond donors (Lipinski definition) is 1. The first-order valence-electron chi connectivity index (χ1n) is 8.20. The van der Waals surface area contributed by atoms with Gasteiger partial charge in [0, 0.05) is 25.7 Å². The third kappa shape index (κ3) is 4.18. The minimum absolute atomic E-state index is 0.0848. The number of likely N-dealkylation sites (N-methyl/N-ethyl adjacent to an activating group) is 1. The number of methoxy groups -OCH3 is 1. The maximum absolute atomic E-state index is 14.6. The van der Waals surface area contributed by atoms with E-state index in [9.17, 15) is 13.6 Å². The van der Waals surface area contributed by atoms with Crippen LogP contribution in [-0.4, -0.2) is 69.1 Å². The third-order valence-corrected chi connectivity index (χ3v) is 4.50. The molecule has 0 aromatic heterocycles. The number of halogens is 2. The van der Waals surface area contributed by atoms with Crippen molar-refractivity contribution in [1.29, 1.82) is 0 Å². The van der Waals surface area contributed by atoms with Crippen molar-refractivity contribution >= 4 is 41.2 Å². The molecule has 0 saturated carbocycles. The van der Waals surface area contributed by atoms with Crippen LogP contribution < -0.4 is 15.1 Å². The molecule has 2 aliphatic heterocycles. The summed E-state index contributed by atoms with van der Waals surface area (Å²) in [7, 11) is 3.19. The molecule has 0 spiro atoms. The maximum atomic E-state index is 14.6. The van der Waals surface area contributed by atoms with Crippen LogP contribution >= 0.6 is 12.2 Å². The molecule has 1 unspecified atom stereocenters. The number of carbonyl (C=O) groups is 1. The van der Waals surface area contributed by atoms with E-state index < -0.39 is 23.8 Å². The average Bonchev–Trinajstić information content (AvgIpc) is 3.01. The van der Waals surface area contributed by atoms with Gasteiger partial charge in [-0.3, -0.25) is 9.91 Å². The second-order valence-electron chi connectivity index (χ2n) is 6.05. The van der Waals surface area contributed by atoms with E-state index in [-0.39, 0.29) is 29.6 Å². The minimum atomic E-state index is -0.782. The number of hydrogen-bond acceptors (Lipinski definition) is 7. The first-order chi connectivity index (χ1) is 12.9. The number of cyclic esters (lactones) is 1. The van der Waals surface area contributed by atoms with E-state index in [1.54, 1.807) is 12.1 Å². The summed E-state index contributed by atoms with van der Waals surface area (Å²) in [6.07, 6.45) is 0.161. The predicted octanol–water partition coefficient (Wildman–Crippen LogP) is 1.51. The zero-order valence-electron chi connectivity index (χ0n) is 14.8. The Bertz CT molecular complexity index is 755. The van der Waals surface area contributed by atoms with Crippen molar-refractivity contribution in [1.82, 2.24) is 10.3 Å². The van der Waals surface area contributed by atoms with Crippen molar-refractivity contribution in [2.75, 3.05) is 50.1 Å². The Kier molecular flexibility index (Phi) is 5.59. The average molecular weight is 399 g/mol. The summed E-state index contributed by atoms with van der Waals surface area (Å²) in [6.45, 7) is 1.29. The highest BCUT2D eigenvalue weighted by Gasteiger charge is 2.33. The molecule has 1 atom stereocenters. The van der Waals surface area contributed by atoms with Gasteiger partial charge in [-0.25, -0.2) is 13.6 Å². The molecule has 146 valence electrons. The van der Waals surface area contributed by atoms with E-state index in [0.29, 0.717) is 13.1 Å². The lowest BCUT2D eigenvalue weighted by Crippen LogP contribution is -2.37. The lowest BCUT2D eigenvalue weighted by molar-refractivity contribution is 0.142. The van der Waals surface area contributed by atoms with Gasteiger partial charge in [-0.15, -0.1) is 0 Å². The Balaban J connectivity index is 1.75. The Morgan fingerprint density at radius 2 is 2.11 bits per heavy atom. The Hall–Kier alpha value is -2.69. The van der Waals surface area contributed by atoms with Crippen molar-refractivity contribution in [3.8, 4) is 0 Å². The molecule has 3 rings (SSSR count). The van der Waals surface area contributed by atoms with Crippen molar-refractivity contribution in [2.24, 2.45) is 5.10 Å². The van der Waals surface area contributed by atoms with E-state index in [4.69, 9.17) is 21.7 Å². The van der Waals surface area contributed by atoms with Gasteiger partial charge in [-0.2, -0.15) is 5.10 Å². The van der Waals surface area contributed by atoms with Crippen molar-refractivity contribution in [2.45, 2.75) is 6.10 Å². The van der Waals surface area contributed by atoms with Gasteiger partial charge in [-0.05, 0) is 12.2 Å². The fourth-order valence-electron chi connectivity index (χ4n) is 2.78. The largest absolute Gasteiger partial charge is 0.474 e. The summed E-state index contributed by atoms with van der Waals surface area (Å²) in [5.74, 6) is -1.56. The number of nitrogens with one attached hydrogen (secondary N) is 1. The van der Waals surface area contributed by atoms with Crippen molar-refractivity contribution in [3.63, 3.8) is 0 Å². The van der Waals surface area contributed by atoms with Gasteiger partial charge in [0.2, 0.25) is 0 Å². The fourth-order valence-corrected chi connectivity index (χ4v) is 2.86. The summed E-state index contributed by atoms with van der Waals surface area (Å²) in [6, 6.07) is 2.23. The number of carbonyl (C=O) groups excluding carboxylic acids is 1. The fraction of sp³-hybridized carbons (Fsp3) is 0.438. The summed E-state index contributed by atoms with van der Waals surface area (Å²) in [5.41, 5.74) is -0.117. The van der Waals surface area contributed by atoms with Crippen LogP contribution in [0.4, 0.5) is 25.0 Å². The molecule has 1 amide bonds. The monoisotopic (exact) mass is 399 g/mol. The van der Waals surface area contributed by atoms with E-state index in [2.05, 4.69) is 10.4 Å². The number of ether oxygens (including phenoxy) is 2. The van der Waals surface area contributed by atoms with Crippen LogP contribution in [-0.2, 0) is 9.47 Å². The molecule has 0 bridgehead atoms. The maximum Gasteiger partial charge on any atom is 0.414 e. The molecule has 27 heavy (non-hydrogen) atoms. The van der Waals surface area contributed by atoms with Crippen LogP contribution in [0, 0.1) is 11.6 Å². The molecule has 1 saturated heterocycles. The topological polar surface area (TPSA) is 69.6 Å². The zero-order valence-corrected chi connectivity index (χ0v) is 15.6. The lowest BCUT2D eigenvalue weighted by atomic mass is 10.2. The Morgan fingerprint density at radius 1 is 1.41 bits per heavy atom. The lowest BCUT2D eigenvalue weighted by Gasteiger charge is -2.28. The molecule has 0 radical (unpaired) electrons. The number of amides is 1. The van der Waals surface area contributed by atoms with Gasteiger partial charge >= 0.3 is 6.09 Å².